The van der Waals surface area contributed by atoms with Gasteiger partial charge in [0.2, 0.25) is 0 Å². The van der Waals surface area contributed by atoms with Gasteiger partial charge in [-0.3, -0.25) is 0 Å². The Morgan fingerprint density at radius 2 is 2.05 bits per heavy atom. The van der Waals surface area contributed by atoms with E-state index in [1.54, 1.807) is 4.68 Å². The van der Waals surface area contributed by atoms with Crippen LogP contribution >= 0.6 is 0 Å². The molecule has 1 N–H and O–H groups in total. The largest absolute Gasteiger partial charge is 0.478 e. The van der Waals surface area contributed by atoms with Gasteiger partial charge in [0.25, 0.3) is 0 Å². The number of aryl methyl sites for hydroxylation is 1. The van der Waals surface area contributed by atoms with Crippen molar-refractivity contribution in [2.45, 2.75) is 20.0 Å². The topological polar surface area (TPSA) is 64.4 Å². The molecule has 0 radical (unpaired) electrons. The molecule has 100 valence electrons. The number of hydrogen-bond donors (Lipinski definition) is 1. The van der Waals surface area contributed by atoms with Gasteiger partial charge in [-0.05, 0) is 24.1 Å². The van der Waals surface area contributed by atoms with Crippen LogP contribution in [0.5, 0.6) is 0 Å². The van der Waals surface area contributed by atoms with Gasteiger partial charge in [0.1, 0.15) is 5.56 Å². The smallest absolute Gasteiger partial charge is 0.339 e. The number of hydrogen-bond acceptors (Lipinski definition) is 3. The van der Waals surface area contributed by atoms with Crippen molar-refractivity contribution in [3.05, 3.63) is 47.3 Å². The van der Waals surface area contributed by atoms with Crippen LogP contribution in [0, 0.1) is 0 Å². The molecule has 5 heteroatoms. The minimum absolute atomic E-state index is 0.168. The van der Waals surface area contributed by atoms with Crippen LogP contribution in [-0.2, 0) is 17.8 Å². The highest BCUT2D eigenvalue weighted by Crippen LogP contribution is 2.17. The Kier molecular flexibility index (Phi) is 3.97. The molecule has 2 aromatic rings. The van der Waals surface area contributed by atoms with Crippen molar-refractivity contribution in [2.75, 3.05) is 7.11 Å². The molecule has 1 heterocycles. The van der Waals surface area contributed by atoms with E-state index in [0.29, 0.717) is 5.69 Å². The van der Waals surface area contributed by atoms with E-state index in [9.17, 15) is 4.79 Å². The minimum atomic E-state index is -0.997. The number of ether oxygens (including phenoxy) is 1. The maximum Gasteiger partial charge on any atom is 0.339 e. The third-order valence-corrected chi connectivity index (χ3v) is 2.97. The molecule has 0 aliphatic carbocycles. The minimum Gasteiger partial charge on any atom is -0.478 e. The molecular formula is C14H16N2O3. The van der Waals surface area contributed by atoms with Gasteiger partial charge in [-0.2, -0.15) is 5.10 Å². The summed E-state index contributed by atoms with van der Waals surface area (Å²) in [5, 5.41) is 13.3. The van der Waals surface area contributed by atoms with E-state index in [2.05, 4.69) is 12.0 Å². The summed E-state index contributed by atoms with van der Waals surface area (Å²) in [6, 6.07) is 7.87. The van der Waals surface area contributed by atoms with E-state index in [0.717, 1.165) is 12.1 Å². The zero-order chi connectivity index (χ0) is 13.8. The van der Waals surface area contributed by atoms with E-state index >= 15 is 0 Å². The van der Waals surface area contributed by atoms with E-state index in [1.807, 2.05) is 24.3 Å². The highest BCUT2D eigenvalue weighted by atomic mass is 16.5. The lowest BCUT2D eigenvalue weighted by Gasteiger charge is -2.08. The summed E-state index contributed by atoms with van der Waals surface area (Å²) in [4.78, 5) is 11.1. The predicted octanol–water partition coefficient (Wildman–Crippen LogP) is 2.28. The van der Waals surface area contributed by atoms with E-state index in [4.69, 9.17) is 9.84 Å². The first-order chi connectivity index (χ1) is 9.17. The number of carbonyl (C=O) groups is 1. The van der Waals surface area contributed by atoms with Gasteiger partial charge in [-0.25, -0.2) is 9.48 Å². The zero-order valence-electron chi connectivity index (χ0n) is 11.0. The molecule has 0 spiro atoms. The fourth-order valence-electron chi connectivity index (χ4n) is 1.92. The average molecular weight is 260 g/mol. The lowest BCUT2D eigenvalue weighted by Crippen LogP contribution is -2.07. The van der Waals surface area contributed by atoms with Crippen molar-refractivity contribution in [2.24, 2.45) is 0 Å². The standard InChI is InChI=1S/C14H16N2O3/c1-3-10-4-6-11(7-5-10)16-13(9-19-2)12(8-15-16)14(17)18/h4-8H,3,9H2,1-2H3,(H,17,18). The van der Waals surface area contributed by atoms with Gasteiger partial charge in [0.05, 0.1) is 24.2 Å². The Bertz CT molecular complexity index is 573. The number of carboxylic acid groups (broad SMARTS) is 1. The number of carboxylic acids is 1. The third kappa shape index (κ3) is 2.66. The second-order valence-corrected chi connectivity index (χ2v) is 4.17. The Morgan fingerprint density at radius 3 is 2.58 bits per heavy atom. The monoisotopic (exact) mass is 260 g/mol. The van der Waals surface area contributed by atoms with Crippen LogP contribution in [0.1, 0.15) is 28.5 Å². The van der Waals surface area contributed by atoms with Gasteiger partial charge >= 0.3 is 5.97 Å². The number of methoxy groups -OCH3 is 1. The third-order valence-electron chi connectivity index (χ3n) is 2.97. The second-order valence-electron chi connectivity index (χ2n) is 4.17. The van der Waals surface area contributed by atoms with Crippen molar-refractivity contribution in [3.8, 4) is 5.69 Å². The Labute approximate surface area is 111 Å². The summed E-state index contributed by atoms with van der Waals surface area (Å²) < 4.78 is 6.66. The predicted molar refractivity (Wildman–Crippen MR) is 70.6 cm³/mol. The molecule has 0 fully saturated rings. The quantitative estimate of drug-likeness (QED) is 0.895. The highest BCUT2D eigenvalue weighted by molar-refractivity contribution is 5.88. The van der Waals surface area contributed by atoms with Gasteiger partial charge in [0.15, 0.2) is 0 Å². The van der Waals surface area contributed by atoms with Crippen LogP contribution in [0.25, 0.3) is 5.69 Å². The molecule has 0 aliphatic rings. The number of aromatic carboxylic acids is 1. The van der Waals surface area contributed by atoms with Crippen LogP contribution in [0.4, 0.5) is 0 Å². The fraction of sp³-hybridized carbons (Fsp3) is 0.286. The summed E-state index contributed by atoms with van der Waals surface area (Å²) >= 11 is 0. The van der Waals surface area contributed by atoms with Crippen molar-refractivity contribution in [1.29, 1.82) is 0 Å². The lowest BCUT2D eigenvalue weighted by atomic mass is 10.1. The number of aromatic nitrogens is 2. The first kappa shape index (κ1) is 13.3. The average Bonchev–Trinajstić information content (AvgIpc) is 2.83. The highest BCUT2D eigenvalue weighted by Gasteiger charge is 2.17. The summed E-state index contributed by atoms with van der Waals surface area (Å²) in [6.07, 6.45) is 2.31. The molecule has 0 bridgehead atoms. The molecule has 1 aromatic carbocycles. The van der Waals surface area contributed by atoms with Crippen molar-refractivity contribution in [1.82, 2.24) is 9.78 Å². The maximum absolute atomic E-state index is 11.1. The Balaban J connectivity index is 2.45. The molecule has 0 unspecified atom stereocenters. The number of rotatable bonds is 5. The van der Waals surface area contributed by atoms with Crippen molar-refractivity contribution >= 4 is 5.97 Å². The SMILES string of the molecule is CCc1ccc(-n2ncc(C(=O)O)c2COC)cc1. The van der Waals surface area contributed by atoms with Crippen LogP contribution < -0.4 is 0 Å². The molecule has 19 heavy (non-hydrogen) atoms. The summed E-state index contributed by atoms with van der Waals surface area (Å²) in [7, 11) is 1.53. The summed E-state index contributed by atoms with van der Waals surface area (Å²) in [5.41, 5.74) is 2.76. The fourth-order valence-corrected chi connectivity index (χ4v) is 1.92. The van der Waals surface area contributed by atoms with Gasteiger partial charge in [-0.1, -0.05) is 19.1 Å². The van der Waals surface area contributed by atoms with Crippen LogP contribution in [0.3, 0.4) is 0 Å². The number of nitrogens with zero attached hydrogens (tertiary/aromatic N) is 2. The normalized spacial score (nSPS) is 10.6. The van der Waals surface area contributed by atoms with Gasteiger partial charge < -0.3 is 9.84 Å². The van der Waals surface area contributed by atoms with Crippen LogP contribution in [0.15, 0.2) is 30.5 Å². The second kappa shape index (κ2) is 5.67. The van der Waals surface area contributed by atoms with Gasteiger partial charge in [-0.15, -0.1) is 0 Å². The van der Waals surface area contributed by atoms with E-state index in [-0.39, 0.29) is 12.2 Å². The molecule has 5 nitrogen and oxygen atoms in total. The molecule has 1 aromatic heterocycles. The first-order valence-electron chi connectivity index (χ1n) is 6.05. The van der Waals surface area contributed by atoms with Crippen molar-refractivity contribution < 1.29 is 14.6 Å². The van der Waals surface area contributed by atoms with E-state index in [1.165, 1.54) is 18.9 Å². The van der Waals surface area contributed by atoms with Crippen LogP contribution in [0.2, 0.25) is 0 Å². The lowest BCUT2D eigenvalue weighted by molar-refractivity contribution is 0.0691. The van der Waals surface area contributed by atoms with Crippen molar-refractivity contribution in [3.63, 3.8) is 0 Å². The molecule has 2 rings (SSSR count). The van der Waals surface area contributed by atoms with Crippen LogP contribution in [-0.4, -0.2) is 28.0 Å². The first-order valence-corrected chi connectivity index (χ1v) is 6.05. The maximum atomic E-state index is 11.1. The molecule has 0 aliphatic heterocycles. The molecule has 0 saturated carbocycles. The Morgan fingerprint density at radius 1 is 1.37 bits per heavy atom. The molecular weight excluding hydrogens is 244 g/mol. The molecule has 0 amide bonds. The summed E-state index contributed by atoms with van der Waals surface area (Å²) in [6.45, 7) is 2.29. The van der Waals surface area contributed by atoms with Gasteiger partial charge in [0, 0.05) is 7.11 Å². The summed E-state index contributed by atoms with van der Waals surface area (Å²) in [5.74, 6) is -0.997. The molecule has 0 atom stereocenters. The van der Waals surface area contributed by atoms with E-state index < -0.39 is 5.97 Å². The Hall–Kier alpha value is -2.14. The molecule has 0 saturated heterocycles. The number of benzene rings is 1. The zero-order valence-corrected chi connectivity index (χ0v) is 11.0.